The Morgan fingerprint density at radius 3 is 2.39 bits per heavy atom. The maximum Gasteiger partial charge on any atom is 0.281 e. The molecule has 106 valence electrons. The normalized spacial score (nSPS) is 31.6. The van der Waals surface area contributed by atoms with Crippen molar-refractivity contribution in [3.63, 3.8) is 0 Å². The van der Waals surface area contributed by atoms with Gasteiger partial charge in [0.05, 0.1) is 5.60 Å². The minimum absolute atomic E-state index is 0.212. The zero-order valence-corrected chi connectivity index (χ0v) is 12.0. The minimum atomic E-state index is -3.39. The zero-order valence-electron chi connectivity index (χ0n) is 11.2. The van der Waals surface area contributed by atoms with E-state index in [4.69, 9.17) is 0 Å². The van der Waals surface area contributed by atoms with E-state index in [1.807, 2.05) is 0 Å². The van der Waals surface area contributed by atoms with E-state index < -0.39 is 15.8 Å². The van der Waals surface area contributed by atoms with E-state index in [9.17, 15) is 13.5 Å². The molecule has 0 radical (unpaired) electrons. The Kier molecular flexibility index (Phi) is 3.99. The monoisotopic (exact) mass is 277 g/mol. The predicted molar refractivity (Wildman–Crippen MR) is 69.4 cm³/mol. The van der Waals surface area contributed by atoms with E-state index in [-0.39, 0.29) is 6.54 Å². The standard InChI is InChI=1S/C11H23N3O3S/c1-12(2)18(16,17)14-8-5-11(15,10-14)9-13-6-3-4-7-13/h15H,3-10H2,1-2H3. The van der Waals surface area contributed by atoms with Crippen LogP contribution in [0.15, 0.2) is 0 Å². The van der Waals surface area contributed by atoms with Gasteiger partial charge in [0, 0.05) is 33.7 Å². The number of hydrogen-bond acceptors (Lipinski definition) is 4. The summed E-state index contributed by atoms with van der Waals surface area (Å²) in [6.45, 7) is 3.24. The molecule has 0 saturated carbocycles. The molecule has 2 rings (SSSR count). The number of hydrogen-bond donors (Lipinski definition) is 1. The maximum atomic E-state index is 12.0. The second-order valence-corrected chi connectivity index (χ2v) is 7.72. The zero-order chi connectivity index (χ0) is 13.4. The molecule has 1 N–H and O–H groups in total. The first kappa shape index (κ1) is 14.2. The van der Waals surface area contributed by atoms with Gasteiger partial charge in [0.2, 0.25) is 0 Å². The molecule has 2 aliphatic heterocycles. The number of rotatable bonds is 4. The van der Waals surface area contributed by atoms with Gasteiger partial charge in [0.15, 0.2) is 0 Å². The van der Waals surface area contributed by atoms with Gasteiger partial charge in [-0.25, -0.2) is 0 Å². The Morgan fingerprint density at radius 2 is 1.83 bits per heavy atom. The van der Waals surface area contributed by atoms with Gasteiger partial charge >= 0.3 is 0 Å². The molecule has 1 atom stereocenters. The van der Waals surface area contributed by atoms with Crippen LogP contribution in [0.2, 0.25) is 0 Å². The summed E-state index contributed by atoms with van der Waals surface area (Å²) in [5.74, 6) is 0. The molecule has 6 nitrogen and oxygen atoms in total. The van der Waals surface area contributed by atoms with Crippen LogP contribution in [0.1, 0.15) is 19.3 Å². The molecule has 0 aliphatic carbocycles. The summed E-state index contributed by atoms with van der Waals surface area (Å²) < 4.78 is 26.6. The molecule has 2 aliphatic rings. The topological polar surface area (TPSA) is 64.1 Å². The van der Waals surface area contributed by atoms with E-state index in [0.29, 0.717) is 19.5 Å². The molecule has 7 heteroatoms. The van der Waals surface area contributed by atoms with Crippen LogP contribution in [0.3, 0.4) is 0 Å². The van der Waals surface area contributed by atoms with Crippen LogP contribution in [0.4, 0.5) is 0 Å². The van der Waals surface area contributed by atoms with Crippen molar-refractivity contribution in [1.29, 1.82) is 0 Å². The lowest BCUT2D eigenvalue weighted by Gasteiger charge is -2.29. The van der Waals surface area contributed by atoms with Crippen molar-refractivity contribution in [2.75, 3.05) is 46.8 Å². The highest BCUT2D eigenvalue weighted by molar-refractivity contribution is 7.86. The molecule has 2 heterocycles. The molecule has 2 fully saturated rings. The summed E-state index contributed by atoms with van der Waals surface area (Å²) in [6.07, 6.45) is 2.88. The fourth-order valence-electron chi connectivity index (χ4n) is 2.73. The highest BCUT2D eigenvalue weighted by Gasteiger charge is 2.43. The summed E-state index contributed by atoms with van der Waals surface area (Å²) in [7, 11) is -0.351. The molecular weight excluding hydrogens is 254 g/mol. The number of nitrogens with zero attached hydrogens (tertiary/aromatic N) is 3. The Hall–Kier alpha value is -0.210. The first-order valence-corrected chi connectivity index (χ1v) is 7.86. The average molecular weight is 277 g/mol. The third-order valence-electron chi connectivity index (χ3n) is 3.80. The molecule has 0 bridgehead atoms. The van der Waals surface area contributed by atoms with Crippen molar-refractivity contribution in [3.8, 4) is 0 Å². The molecule has 18 heavy (non-hydrogen) atoms. The highest BCUT2D eigenvalue weighted by Crippen LogP contribution is 2.26. The van der Waals surface area contributed by atoms with Crippen LogP contribution < -0.4 is 0 Å². The smallest absolute Gasteiger partial charge is 0.281 e. The van der Waals surface area contributed by atoms with Crippen molar-refractivity contribution in [2.24, 2.45) is 0 Å². The van der Waals surface area contributed by atoms with E-state index in [1.165, 1.54) is 35.5 Å². The van der Waals surface area contributed by atoms with Crippen LogP contribution >= 0.6 is 0 Å². The van der Waals surface area contributed by atoms with E-state index in [1.54, 1.807) is 0 Å². The number of likely N-dealkylation sites (tertiary alicyclic amines) is 1. The lowest BCUT2D eigenvalue weighted by molar-refractivity contribution is 0.0230. The Bertz CT molecular complexity index is 392. The van der Waals surface area contributed by atoms with Gasteiger partial charge in [-0.05, 0) is 32.4 Å². The second-order valence-electron chi connectivity index (χ2n) is 5.58. The van der Waals surface area contributed by atoms with Gasteiger partial charge in [-0.3, -0.25) is 0 Å². The van der Waals surface area contributed by atoms with Gasteiger partial charge in [0.25, 0.3) is 10.2 Å². The fraction of sp³-hybridized carbons (Fsp3) is 1.00. The first-order valence-electron chi connectivity index (χ1n) is 6.46. The number of aliphatic hydroxyl groups is 1. The summed E-state index contributed by atoms with van der Waals surface area (Å²) in [5.41, 5.74) is -0.882. The summed E-state index contributed by atoms with van der Waals surface area (Å²) >= 11 is 0. The minimum Gasteiger partial charge on any atom is -0.387 e. The van der Waals surface area contributed by atoms with Gasteiger partial charge in [-0.2, -0.15) is 17.0 Å². The molecular formula is C11H23N3O3S. The van der Waals surface area contributed by atoms with Crippen molar-refractivity contribution in [3.05, 3.63) is 0 Å². The summed E-state index contributed by atoms with van der Waals surface area (Å²) in [5, 5.41) is 10.5. The van der Waals surface area contributed by atoms with Crippen molar-refractivity contribution in [2.45, 2.75) is 24.9 Å². The third kappa shape index (κ3) is 2.85. The molecule has 0 aromatic carbocycles. The van der Waals surface area contributed by atoms with Gasteiger partial charge in [0.1, 0.15) is 0 Å². The van der Waals surface area contributed by atoms with Gasteiger partial charge in [-0.1, -0.05) is 0 Å². The van der Waals surface area contributed by atoms with Crippen molar-refractivity contribution in [1.82, 2.24) is 13.5 Å². The van der Waals surface area contributed by atoms with Gasteiger partial charge < -0.3 is 10.0 Å². The van der Waals surface area contributed by atoms with Crippen LogP contribution in [0.5, 0.6) is 0 Å². The maximum absolute atomic E-state index is 12.0. The van der Waals surface area contributed by atoms with Crippen molar-refractivity contribution < 1.29 is 13.5 Å². The largest absolute Gasteiger partial charge is 0.387 e. The van der Waals surface area contributed by atoms with Crippen LogP contribution in [-0.2, 0) is 10.2 Å². The first-order chi connectivity index (χ1) is 8.33. The Balaban J connectivity index is 1.98. The van der Waals surface area contributed by atoms with Gasteiger partial charge in [-0.15, -0.1) is 0 Å². The van der Waals surface area contributed by atoms with Crippen LogP contribution in [-0.4, -0.2) is 79.5 Å². The Morgan fingerprint density at radius 1 is 1.22 bits per heavy atom. The number of β-amino-alcohol motifs (C(OH)–C–C–N with tert-alkyl or cyclic N) is 1. The quantitative estimate of drug-likeness (QED) is 0.740. The fourth-order valence-corrected chi connectivity index (χ4v) is 3.92. The van der Waals surface area contributed by atoms with E-state index >= 15 is 0 Å². The van der Waals surface area contributed by atoms with Crippen LogP contribution in [0, 0.1) is 0 Å². The molecule has 0 amide bonds. The lowest BCUT2D eigenvalue weighted by atomic mass is 10.0. The molecule has 1 unspecified atom stereocenters. The second kappa shape index (κ2) is 5.05. The highest BCUT2D eigenvalue weighted by atomic mass is 32.2. The molecule has 0 spiro atoms. The SMILES string of the molecule is CN(C)S(=O)(=O)N1CCC(O)(CN2CCCC2)C1. The van der Waals surface area contributed by atoms with Crippen LogP contribution in [0.25, 0.3) is 0 Å². The lowest BCUT2D eigenvalue weighted by Crippen LogP contribution is -2.46. The summed E-state index contributed by atoms with van der Waals surface area (Å²) in [4.78, 5) is 2.23. The Labute approximate surface area is 109 Å². The van der Waals surface area contributed by atoms with E-state index in [2.05, 4.69) is 4.90 Å². The predicted octanol–water partition coefficient (Wildman–Crippen LogP) is -0.675. The molecule has 2 saturated heterocycles. The third-order valence-corrected chi connectivity index (χ3v) is 5.69. The van der Waals surface area contributed by atoms with Crippen molar-refractivity contribution >= 4 is 10.2 Å². The molecule has 0 aromatic heterocycles. The molecule has 0 aromatic rings. The average Bonchev–Trinajstić information content (AvgIpc) is 2.88. The van der Waals surface area contributed by atoms with E-state index in [0.717, 1.165) is 13.1 Å². The summed E-state index contributed by atoms with van der Waals surface area (Å²) in [6, 6.07) is 0.